The minimum Gasteiger partial charge on any atom is -0.325 e. The van der Waals surface area contributed by atoms with Gasteiger partial charge in [0.25, 0.3) is 0 Å². The molecular weight excluding hydrogens is 291 g/mol. The van der Waals surface area contributed by atoms with Gasteiger partial charge in [0.15, 0.2) is 0 Å². The average Bonchev–Trinajstić information content (AvgIpc) is 2.56. The molecule has 0 saturated carbocycles. The fraction of sp³-hybridized carbons (Fsp3) is 0.316. The zero-order valence-corrected chi connectivity index (χ0v) is 13.8. The summed E-state index contributed by atoms with van der Waals surface area (Å²) in [5, 5.41) is 2.90. The summed E-state index contributed by atoms with van der Waals surface area (Å²) in [6, 6.07) is 14.1. The molecule has 3 nitrogen and oxygen atoms in total. The van der Waals surface area contributed by atoms with Crippen molar-refractivity contribution >= 4 is 11.6 Å². The molecule has 0 bridgehead atoms. The first-order chi connectivity index (χ1) is 11.0. The average molecular weight is 314 g/mol. The van der Waals surface area contributed by atoms with Crippen LogP contribution in [0.15, 0.2) is 48.5 Å². The van der Waals surface area contributed by atoms with Gasteiger partial charge in [0, 0.05) is 17.8 Å². The zero-order valence-electron chi connectivity index (χ0n) is 13.8. The molecule has 0 aliphatic heterocycles. The van der Waals surface area contributed by atoms with E-state index >= 15 is 0 Å². The lowest BCUT2D eigenvalue weighted by Crippen LogP contribution is -2.39. The second kappa shape index (κ2) is 7.88. The van der Waals surface area contributed by atoms with Crippen LogP contribution in [-0.4, -0.2) is 23.9 Å². The molecule has 0 aliphatic carbocycles. The number of anilines is 1. The van der Waals surface area contributed by atoms with Crippen LogP contribution in [-0.2, 0) is 17.8 Å². The van der Waals surface area contributed by atoms with Gasteiger partial charge in [-0.15, -0.1) is 0 Å². The first-order valence-corrected chi connectivity index (χ1v) is 7.84. The zero-order chi connectivity index (χ0) is 16.8. The second-order valence-electron chi connectivity index (χ2n) is 5.72. The van der Waals surface area contributed by atoms with Crippen LogP contribution < -0.4 is 5.32 Å². The van der Waals surface area contributed by atoms with E-state index in [1.165, 1.54) is 11.6 Å². The van der Waals surface area contributed by atoms with Crippen molar-refractivity contribution in [2.75, 3.05) is 12.4 Å². The number of hydrogen-bond acceptors (Lipinski definition) is 2. The molecule has 0 saturated heterocycles. The molecule has 122 valence electrons. The maximum atomic E-state index is 13.7. The molecule has 0 heterocycles. The summed E-state index contributed by atoms with van der Waals surface area (Å²) in [5.74, 6) is -0.352. The van der Waals surface area contributed by atoms with Crippen LogP contribution in [0.3, 0.4) is 0 Å². The Morgan fingerprint density at radius 2 is 1.83 bits per heavy atom. The van der Waals surface area contributed by atoms with E-state index in [0.29, 0.717) is 12.1 Å². The molecule has 0 spiro atoms. The van der Waals surface area contributed by atoms with E-state index in [2.05, 4.69) is 12.2 Å². The van der Waals surface area contributed by atoms with Gasteiger partial charge in [0.1, 0.15) is 5.82 Å². The number of carbonyl (C=O) groups is 1. The van der Waals surface area contributed by atoms with Crippen molar-refractivity contribution in [1.82, 2.24) is 4.90 Å². The van der Waals surface area contributed by atoms with Gasteiger partial charge in [-0.25, -0.2) is 4.39 Å². The number of hydrogen-bond donors (Lipinski definition) is 1. The van der Waals surface area contributed by atoms with Crippen molar-refractivity contribution in [3.63, 3.8) is 0 Å². The van der Waals surface area contributed by atoms with Crippen molar-refractivity contribution in [3.05, 3.63) is 65.5 Å². The third-order valence-corrected chi connectivity index (χ3v) is 4.05. The van der Waals surface area contributed by atoms with Crippen molar-refractivity contribution < 1.29 is 9.18 Å². The second-order valence-corrected chi connectivity index (χ2v) is 5.72. The molecule has 1 amide bonds. The summed E-state index contributed by atoms with van der Waals surface area (Å²) in [4.78, 5) is 14.2. The number of aryl methyl sites for hydroxylation is 1. The molecule has 4 heteroatoms. The summed E-state index contributed by atoms with van der Waals surface area (Å²) >= 11 is 0. The Morgan fingerprint density at radius 3 is 2.43 bits per heavy atom. The summed E-state index contributed by atoms with van der Waals surface area (Å²) < 4.78 is 13.7. The molecule has 2 aromatic rings. The quantitative estimate of drug-likeness (QED) is 0.878. The van der Waals surface area contributed by atoms with Gasteiger partial charge in [0.05, 0.1) is 6.04 Å². The first kappa shape index (κ1) is 17.2. The fourth-order valence-electron chi connectivity index (χ4n) is 2.30. The van der Waals surface area contributed by atoms with E-state index in [1.807, 2.05) is 43.1 Å². The van der Waals surface area contributed by atoms with E-state index in [-0.39, 0.29) is 17.8 Å². The number of nitrogens with one attached hydrogen (secondary N) is 1. The standard InChI is InChI=1S/C19H23FN2O/c1-4-15-9-11-17(12-10-15)21-19(23)14(2)22(3)13-16-7-5-6-8-18(16)20/h5-12,14H,4,13H2,1-3H3,(H,21,23)/t14-/m1/s1. The molecule has 0 radical (unpaired) electrons. The highest BCUT2D eigenvalue weighted by atomic mass is 19.1. The molecule has 2 aromatic carbocycles. The topological polar surface area (TPSA) is 32.3 Å². The minimum absolute atomic E-state index is 0.104. The Hall–Kier alpha value is -2.20. The van der Waals surface area contributed by atoms with Crippen LogP contribution in [0.5, 0.6) is 0 Å². The summed E-state index contributed by atoms with van der Waals surface area (Å²) in [5.41, 5.74) is 2.59. The Balaban J connectivity index is 1.96. The lowest BCUT2D eigenvalue weighted by atomic mass is 10.1. The lowest BCUT2D eigenvalue weighted by Gasteiger charge is -2.24. The fourth-order valence-corrected chi connectivity index (χ4v) is 2.30. The van der Waals surface area contributed by atoms with Gasteiger partial charge in [-0.05, 0) is 44.2 Å². The molecule has 0 aromatic heterocycles. The van der Waals surface area contributed by atoms with Crippen LogP contribution in [0.4, 0.5) is 10.1 Å². The molecule has 2 rings (SSSR count). The maximum Gasteiger partial charge on any atom is 0.241 e. The predicted molar refractivity (Wildman–Crippen MR) is 91.8 cm³/mol. The smallest absolute Gasteiger partial charge is 0.241 e. The maximum absolute atomic E-state index is 13.7. The minimum atomic E-state index is -0.361. The van der Waals surface area contributed by atoms with Gasteiger partial charge in [-0.2, -0.15) is 0 Å². The largest absolute Gasteiger partial charge is 0.325 e. The molecule has 0 aliphatic rings. The highest BCUT2D eigenvalue weighted by Crippen LogP contribution is 2.13. The van der Waals surface area contributed by atoms with Crippen molar-refractivity contribution in [2.24, 2.45) is 0 Å². The summed E-state index contributed by atoms with van der Waals surface area (Å²) in [7, 11) is 1.82. The number of amides is 1. The highest BCUT2D eigenvalue weighted by Gasteiger charge is 2.19. The van der Waals surface area contributed by atoms with Gasteiger partial charge >= 0.3 is 0 Å². The number of rotatable bonds is 6. The Kier molecular flexibility index (Phi) is 5.88. The number of likely N-dealkylation sites (N-methyl/N-ethyl adjacent to an activating group) is 1. The van der Waals surface area contributed by atoms with E-state index in [4.69, 9.17) is 0 Å². The molecule has 0 fully saturated rings. The monoisotopic (exact) mass is 314 g/mol. The number of carbonyl (C=O) groups excluding carboxylic acids is 1. The Morgan fingerprint density at radius 1 is 1.17 bits per heavy atom. The molecule has 1 N–H and O–H groups in total. The molecule has 0 unspecified atom stereocenters. The van der Waals surface area contributed by atoms with Crippen LogP contribution in [0.2, 0.25) is 0 Å². The van der Waals surface area contributed by atoms with Crippen LogP contribution >= 0.6 is 0 Å². The molecule has 1 atom stereocenters. The van der Waals surface area contributed by atoms with Crippen LogP contribution in [0.1, 0.15) is 25.0 Å². The number of nitrogens with zero attached hydrogens (tertiary/aromatic N) is 1. The van der Waals surface area contributed by atoms with Gasteiger partial charge in [0.2, 0.25) is 5.91 Å². The Labute approximate surface area is 137 Å². The van der Waals surface area contributed by atoms with E-state index < -0.39 is 0 Å². The normalized spacial score (nSPS) is 12.2. The molecule has 23 heavy (non-hydrogen) atoms. The molecular formula is C19H23FN2O. The van der Waals surface area contributed by atoms with Crippen molar-refractivity contribution in [3.8, 4) is 0 Å². The predicted octanol–water partition coefficient (Wildman–Crippen LogP) is 3.85. The van der Waals surface area contributed by atoms with Gasteiger partial charge in [-0.3, -0.25) is 9.69 Å². The van der Waals surface area contributed by atoms with Crippen molar-refractivity contribution in [2.45, 2.75) is 32.9 Å². The Bertz CT molecular complexity index is 655. The van der Waals surface area contributed by atoms with Crippen molar-refractivity contribution in [1.29, 1.82) is 0 Å². The SMILES string of the molecule is CCc1ccc(NC(=O)[C@@H](C)N(C)Cc2ccccc2F)cc1. The number of halogens is 1. The summed E-state index contributed by atoms with van der Waals surface area (Å²) in [6.45, 7) is 4.29. The first-order valence-electron chi connectivity index (χ1n) is 7.84. The van der Waals surface area contributed by atoms with Crippen LogP contribution in [0, 0.1) is 5.82 Å². The lowest BCUT2D eigenvalue weighted by molar-refractivity contribution is -0.120. The van der Waals surface area contributed by atoms with E-state index in [9.17, 15) is 9.18 Å². The van der Waals surface area contributed by atoms with E-state index in [0.717, 1.165) is 12.1 Å². The third kappa shape index (κ3) is 4.63. The summed E-state index contributed by atoms with van der Waals surface area (Å²) in [6.07, 6.45) is 0.968. The highest BCUT2D eigenvalue weighted by molar-refractivity contribution is 5.94. The third-order valence-electron chi connectivity index (χ3n) is 4.05. The van der Waals surface area contributed by atoms with Gasteiger partial charge in [-0.1, -0.05) is 37.3 Å². The number of benzene rings is 2. The van der Waals surface area contributed by atoms with Gasteiger partial charge < -0.3 is 5.32 Å². The van der Waals surface area contributed by atoms with E-state index in [1.54, 1.807) is 18.2 Å². The van der Waals surface area contributed by atoms with Crippen LogP contribution in [0.25, 0.3) is 0 Å².